The Balaban J connectivity index is 2.57. The molecule has 64 valence electrons. The highest BCUT2D eigenvalue weighted by molar-refractivity contribution is 5.01. The quantitative estimate of drug-likeness (QED) is 0.575. The molecule has 0 aromatic heterocycles. The molecule has 0 spiro atoms. The fourth-order valence-electron chi connectivity index (χ4n) is 1.55. The van der Waals surface area contributed by atoms with E-state index in [2.05, 4.69) is 19.1 Å². The first-order chi connectivity index (χ1) is 5.00. The molecule has 0 aliphatic heterocycles. The second kappa shape index (κ2) is 2.98. The van der Waals surface area contributed by atoms with Crippen LogP contribution in [0.1, 0.15) is 33.6 Å². The van der Waals surface area contributed by atoms with Gasteiger partial charge < -0.3 is 5.11 Å². The molecule has 2 atom stereocenters. The zero-order valence-electron chi connectivity index (χ0n) is 7.67. The average molecular weight is 154 g/mol. The molecule has 11 heavy (non-hydrogen) atoms. The van der Waals surface area contributed by atoms with Gasteiger partial charge in [-0.15, -0.1) is 0 Å². The fourth-order valence-corrected chi connectivity index (χ4v) is 1.55. The summed E-state index contributed by atoms with van der Waals surface area (Å²) < 4.78 is 0. The highest BCUT2D eigenvalue weighted by atomic mass is 16.3. The van der Waals surface area contributed by atoms with E-state index in [4.69, 9.17) is 0 Å². The molecule has 1 aliphatic rings. The Bertz CT molecular complexity index is 153. The zero-order valence-corrected chi connectivity index (χ0v) is 7.67. The number of allylic oxidation sites excluding steroid dienone is 1. The van der Waals surface area contributed by atoms with E-state index >= 15 is 0 Å². The maximum absolute atomic E-state index is 9.68. The molecule has 0 amide bonds. The molecule has 0 heterocycles. The maximum Gasteiger partial charge on any atom is 0.0654 e. The third-order valence-corrected chi connectivity index (χ3v) is 2.51. The van der Waals surface area contributed by atoms with E-state index in [1.54, 1.807) is 0 Å². The smallest absolute Gasteiger partial charge is 0.0654 e. The van der Waals surface area contributed by atoms with Crippen LogP contribution in [0.3, 0.4) is 0 Å². The second-order valence-electron chi connectivity index (χ2n) is 4.20. The molecule has 0 saturated heterocycles. The molecule has 1 N–H and O–H groups in total. The molecule has 0 saturated carbocycles. The molecular weight excluding hydrogens is 136 g/mol. The van der Waals surface area contributed by atoms with Gasteiger partial charge in [0, 0.05) is 5.92 Å². The van der Waals surface area contributed by atoms with Crippen LogP contribution >= 0.6 is 0 Å². The van der Waals surface area contributed by atoms with E-state index in [0.717, 1.165) is 6.42 Å². The van der Waals surface area contributed by atoms with Gasteiger partial charge in [0.25, 0.3) is 0 Å². The number of aliphatic hydroxyl groups is 1. The second-order valence-corrected chi connectivity index (χ2v) is 4.20. The van der Waals surface area contributed by atoms with Crippen LogP contribution in [0.25, 0.3) is 0 Å². The van der Waals surface area contributed by atoms with Crippen molar-refractivity contribution in [1.82, 2.24) is 0 Å². The summed E-state index contributed by atoms with van der Waals surface area (Å²) in [5, 5.41) is 9.68. The first-order valence-electron chi connectivity index (χ1n) is 4.41. The molecule has 0 aromatic carbocycles. The number of hydrogen-bond donors (Lipinski definition) is 1. The molecule has 1 rings (SSSR count). The van der Waals surface area contributed by atoms with Gasteiger partial charge in [-0.05, 0) is 32.6 Å². The summed E-state index contributed by atoms with van der Waals surface area (Å²) in [4.78, 5) is 0. The summed E-state index contributed by atoms with van der Waals surface area (Å²) in [6, 6.07) is 0. The lowest BCUT2D eigenvalue weighted by molar-refractivity contribution is 0.0296. The largest absolute Gasteiger partial charge is 0.390 e. The highest BCUT2D eigenvalue weighted by Gasteiger charge is 2.26. The topological polar surface area (TPSA) is 20.2 Å². The molecule has 0 radical (unpaired) electrons. The minimum Gasteiger partial charge on any atom is -0.390 e. The monoisotopic (exact) mass is 154 g/mol. The van der Waals surface area contributed by atoms with Gasteiger partial charge >= 0.3 is 0 Å². The Morgan fingerprint density at radius 2 is 1.91 bits per heavy atom. The summed E-state index contributed by atoms with van der Waals surface area (Å²) >= 11 is 0. The molecule has 0 aromatic rings. The standard InChI is InChI=1S/C10H18O/c1-8-4-6-9(7-5-8)10(2,3)11/h4,6,8-9,11H,5,7H2,1-3H3/t8-,9+/m0/s1. The Kier molecular flexibility index (Phi) is 2.38. The molecule has 0 bridgehead atoms. The van der Waals surface area contributed by atoms with Gasteiger partial charge in [0.05, 0.1) is 5.60 Å². The van der Waals surface area contributed by atoms with E-state index in [1.165, 1.54) is 6.42 Å². The predicted octanol–water partition coefficient (Wildman–Crippen LogP) is 2.36. The Labute approximate surface area is 69.1 Å². The van der Waals surface area contributed by atoms with Crippen molar-refractivity contribution in [2.45, 2.75) is 39.2 Å². The first kappa shape index (κ1) is 8.79. The Morgan fingerprint density at radius 3 is 2.27 bits per heavy atom. The van der Waals surface area contributed by atoms with Crippen molar-refractivity contribution >= 4 is 0 Å². The molecule has 1 nitrogen and oxygen atoms in total. The van der Waals surface area contributed by atoms with Gasteiger partial charge in [-0.2, -0.15) is 0 Å². The van der Waals surface area contributed by atoms with Gasteiger partial charge in [0.15, 0.2) is 0 Å². The lowest BCUT2D eigenvalue weighted by Gasteiger charge is -2.30. The van der Waals surface area contributed by atoms with Crippen LogP contribution in [0.15, 0.2) is 12.2 Å². The lowest BCUT2D eigenvalue weighted by atomic mass is 9.80. The Hall–Kier alpha value is -0.300. The fraction of sp³-hybridized carbons (Fsp3) is 0.800. The maximum atomic E-state index is 9.68. The number of hydrogen-bond acceptors (Lipinski definition) is 1. The summed E-state index contributed by atoms with van der Waals surface area (Å²) in [6.07, 6.45) is 6.71. The van der Waals surface area contributed by atoms with Crippen molar-refractivity contribution in [2.24, 2.45) is 11.8 Å². The minimum atomic E-state index is -0.531. The van der Waals surface area contributed by atoms with Crippen molar-refractivity contribution in [3.05, 3.63) is 12.2 Å². The van der Waals surface area contributed by atoms with Gasteiger partial charge in [0.1, 0.15) is 0 Å². The lowest BCUT2D eigenvalue weighted by Crippen LogP contribution is -2.31. The summed E-state index contributed by atoms with van der Waals surface area (Å²) in [5.74, 6) is 1.06. The minimum absolute atomic E-state index is 0.360. The molecule has 0 unspecified atom stereocenters. The average Bonchev–Trinajstić information content (AvgIpc) is 1.86. The summed E-state index contributed by atoms with van der Waals surface area (Å²) in [7, 11) is 0. The Morgan fingerprint density at radius 1 is 1.27 bits per heavy atom. The van der Waals surface area contributed by atoms with Gasteiger partial charge in [-0.25, -0.2) is 0 Å². The zero-order chi connectivity index (χ0) is 8.48. The van der Waals surface area contributed by atoms with Gasteiger partial charge in [-0.1, -0.05) is 19.1 Å². The molecule has 1 aliphatic carbocycles. The predicted molar refractivity (Wildman–Crippen MR) is 47.3 cm³/mol. The van der Waals surface area contributed by atoms with E-state index in [1.807, 2.05) is 13.8 Å². The van der Waals surface area contributed by atoms with Crippen LogP contribution in [-0.4, -0.2) is 10.7 Å². The van der Waals surface area contributed by atoms with Crippen LogP contribution in [0.4, 0.5) is 0 Å². The normalized spacial score (nSPS) is 32.4. The number of rotatable bonds is 1. The van der Waals surface area contributed by atoms with E-state index in [-0.39, 0.29) is 0 Å². The van der Waals surface area contributed by atoms with Gasteiger partial charge in [-0.3, -0.25) is 0 Å². The molecule has 0 fully saturated rings. The first-order valence-corrected chi connectivity index (χ1v) is 4.41. The van der Waals surface area contributed by atoms with Crippen LogP contribution in [0.5, 0.6) is 0 Å². The summed E-state index contributed by atoms with van der Waals surface area (Å²) in [6.45, 7) is 5.99. The van der Waals surface area contributed by atoms with Crippen LogP contribution in [0.2, 0.25) is 0 Å². The summed E-state index contributed by atoms with van der Waals surface area (Å²) in [5.41, 5.74) is -0.531. The molecular formula is C10H18O. The van der Waals surface area contributed by atoms with E-state index < -0.39 is 5.60 Å². The molecule has 1 heteroatoms. The third kappa shape index (κ3) is 2.33. The third-order valence-electron chi connectivity index (χ3n) is 2.51. The van der Waals surface area contributed by atoms with Crippen molar-refractivity contribution in [2.75, 3.05) is 0 Å². The van der Waals surface area contributed by atoms with Crippen LogP contribution in [-0.2, 0) is 0 Å². The van der Waals surface area contributed by atoms with Crippen LogP contribution in [0, 0.1) is 11.8 Å². The van der Waals surface area contributed by atoms with Gasteiger partial charge in [0.2, 0.25) is 0 Å². The SMILES string of the molecule is C[C@H]1C=C[C@@H](C(C)(C)O)CC1. The highest BCUT2D eigenvalue weighted by Crippen LogP contribution is 2.29. The van der Waals surface area contributed by atoms with Crippen LogP contribution < -0.4 is 0 Å². The van der Waals surface area contributed by atoms with Crippen molar-refractivity contribution in [3.63, 3.8) is 0 Å². The van der Waals surface area contributed by atoms with E-state index in [0.29, 0.717) is 11.8 Å². The van der Waals surface area contributed by atoms with Crippen molar-refractivity contribution in [3.8, 4) is 0 Å². The van der Waals surface area contributed by atoms with Crippen molar-refractivity contribution in [1.29, 1.82) is 0 Å². The van der Waals surface area contributed by atoms with Crippen molar-refractivity contribution < 1.29 is 5.11 Å². The van der Waals surface area contributed by atoms with E-state index in [9.17, 15) is 5.11 Å².